The summed E-state index contributed by atoms with van der Waals surface area (Å²) in [6, 6.07) is 0.421. The molecular formula is C14H19N5O4. The lowest BCUT2D eigenvalue weighted by Gasteiger charge is -2.27. The minimum atomic E-state index is -1.57. The van der Waals surface area contributed by atoms with Gasteiger partial charge in [-0.2, -0.15) is 0 Å². The van der Waals surface area contributed by atoms with Gasteiger partial charge in [-0.15, -0.1) is 0 Å². The van der Waals surface area contributed by atoms with Gasteiger partial charge in [0.15, 0.2) is 23.2 Å². The van der Waals surface area contributed by atoms with Crippen LogP contribution >= 0.6 is 0 Å². The minimum Gasteiger partial charge on any atom is -0.394 e. The summed E-state index contributed by atoms with van der Waals surface area (Å²) >= 11 is 0. The zero-order chi connectivity index (χ0) is 16.2. The van der Waals surface area contributed by atoms with Gasteiger partial charge in [-0.05, 0) is 19.8 Å². The molecule has 2 aromatic rings. The van der Waals surface area contributed by atoms with Crippen molar-refractivity contribution >= 4 is 17.0 Å². The van der Waals surface area contributed by atoms with Gasteiger partial charge < -0.3 is 25.4 Å². The average molecular weight is 321 g/mol. The quantitative estimate of drug-likeness (QED) is 0.588. The van der Waals surface area contributed by atoms with Gasteiger partial charge in [0.2, 0.25) is 0 Å². The number of nitrogens with zero attached hydrogens (tertiary/aromatic N) is 4. The van der Waals surface area contributed by atoms with Gasteiger partial charge in [0.05, 0.1) is 12.9 Å². The molecule has 4 atom stereocenters. The van der Waals surface area contributed by atoms with E-state index in [1.54, 1.807) is 4.57 Å². The Morgan fingerprint density at radius 1 is 1.39 bits per heavy atom. The number of imidazole rings is 1. The van der Waals surface area contributed by atoms with E-state index >= 15 is 0 Å². The number of fused-ring (bicyclic) bond motifs is 1. The predicted octanol–water partition coefficient (Wildman–Crippen LogP) is -0.598. The Morgan fingerprint density at radius 2 is 2.17 bits per heavy atom. The van der Waals surface area contributed by atoms with Crippen LogP contribution in [0.1, 0.15) is 26.0 Å². The van der Waals surface area contributed by atoms with Crippen molar-refractivity contribution in [2.24, 2.45) is 0 Å². The standard InChI is InChI=1S/C14H19N5O4/c1-14(22)10(21)8(4-20)23-13(14)19-6-17-9-11(18-7-2-3-7)15-5-16-12(9)19/h5-8,10,13,20-22H,2-4H2,1H3,(H,15,16,18)/t8-,10?,13-,14+/m1/s1. The molecule has 1 saturated heterocycles. The van der Waals surface area contributed by atoms with Crippen LogP contribution in [0.3, 0.4) is 0 Å². The molecule has 2 fully saturated rings. The monoisotopic (exact) mass is 321 g/mol. The Labute approximate surface area is 132 Å². The summed E-state index contributed by atoms with van der Waals surface area (Å²) in [5, 5.41) is 33.3. The zero-order valence-electron chi connectivity index (χ0n) is 12.6. The fourth-order valence-corrected chi connectivity index (χ4v) is 2.94. The largest absolute Gasteiger partial charge is 0.394 e. The molecule has 124 valence electrons. The fourth-order valence-electron chi connectivity index (χ4n) is 2.94. The van der Waals surface area contributed by atoms with Crippen molar-refractivity contribution < 1.29 is 20.1 Å². The van der Waals surface area contributed by atoms with Crippen LogP contribution in [0, 0.1) is 0 Å². The minimum absolute atomic E-state index is 0.385. The van der Waals surface area contributed by atoms with Crippen LogP contribution in [0.4, 0.5) is 5.82 Å². The molecule has 4 N–H and O–H groups in total. The van der Waals surface area contributed by atoms with Gasteiger partial charge in [0, 0.05) is 6.04 Å². The van der Waals surface area contributed by atoms with Crippen LogP contribution in [0.2, 0.25) is 0 Å². The van der Waals surface area contributed by atoms with Gasteiger partial charge in [0.25, 0.3) is 0 Å². The van der Waals surface area contributed by atoms with Crippen molar-refractivity contribution in [2.75, 3.05) is 11.9 Å². The lowest BCUT2D eigenvalue weighted by atomic mass is 9.96. The number of nitrogens with one attached hydrogen (secondary N) is 1. The lowest BCUT2D eigenvalue weighted by Crippen LogP contribution is -2.44. The number of ether oxygens (including phenoxy) is 1. The van der Waals surface area contributed by atoms with Gasteiger partial charge in [-0.3, -0.25) is 4.57 Å². The molecule has 2 aliphatic rings. The van der Waals surface area contributed by atoms with E-state index in [2.05, 4.69) is 20.3 Å². The predicted molar refractivity (Wildman–Crippen MR) is 79.6 cm³/mol. The molecule has 9 heteroatoms. The number of aromatic nitrogens is 4. The molecule has 1 aliphatic carbocycles. The van der Waals surface area contributed by atoms with Crippen molar-refractivity contribution in [2.45, 2.75) is 49.8 Å². The summed E-state index contributed by atoms with van der Waals surface area (Å²) < 4.78 is 7.18. The molecule has 9 nitrogen and oxygen atoms in total. The van der Waals surface area contributed by atoms with Crippen molar-refractivity contribution in [3.8, 4) is 0 Å². The first-order valence-corrected chi connectivity index (χ1v) is 7.63. The third-order valence-electron chi connectivity index (χ3n) is 4.46. The van der Waals surface area contributed by atoms with E-state index in [9.17, 15) is 15.3 Å². The fraction of sp³-hybridized carbons (Fsp3) is 0.643. The molecule has 3 heterocycles. The van der Waals surface area contributed by atoms with E-state index in [4.69, 9.17) is 4.74 Å². The number of aliphatic hydroxyl groups is 3. The molecule has 23 heavy (non-hydrogen) atoms. The molecule has 0 bridgehead atoms. The second-order valence-corrected chi connectivity index (χ2v) is 6.35. The van der Waals surface area contributed by atoms with Crippen molar-refractivity contribution in [1.82, 2.24) is 19.5 Å². The van der Waals surface area contributed by atoms with Gasteiger partial charge >= 0.3 is 0 Å². The van der Waals surface area contributed by atoms with E-state index in [1.807, 2.05) is 0 Å². The van der Waals surface area contributed by atoms with Gasteiger partial charge in [-0.25, -0.2) is 15.0 Å². The average Bonchev–Trinajstić information content (AvgIpc) is 3.19. The second-order valence-electron chi connectivity index (χ2n) is 6.35. The molecule has 1 saturated carbocycles. The highest BCUT2D eigenvalue weighted by atomic mass is 16.6. The van der Waals surface area contributed by atoms with Crippen LogP contribution in [-0.4, -0.2) is 65.3 Å². The summed E-state index contributed by atoms with van der Waals surface area (Å²) in [6.45, 7) is 1.08. The van der Waals surface area contributed by atoms with Crippen LogP contribution < -0.4 is 5.32 Å². The van der Waals surface area contributed by atoms with E-state index in [0.29, 0.717) is 23.0 Å². The molecule has 1 unspecified atom stereocenters. The maximum Gasteiger partial charge on any atom is 0.168 e. The Balaban J connectivity index is 1.74. The third kappa shape index (κ3) is 2.27. The Bertz CT molecular complexity index is 729. The number of aliphatic hydroxyl groups excluding tert-OH is 2. The highest BCUT2D eigenvalue weighted by Crippen LogP contribution is 2.39. The smallest absolute Gasteiger partial charge is 0.168 e. The van der Waals surface area contributed by atoms with Crippen LogP contribution in [0.15, 0.2) is 12.7 Å². The van der Waals surface area contributed by atoms with Crippen molar-refractivity contribution in [3.05, 3.63) is 12.7 Å². The summed E-state index contributed by atoms with van der Waals surface area (Å²) in [5.41, 5.74) is -0.490. The van der Waals surface area contributed by atoms with E-state index in [0.717, 1.165) is 12.8 Å². The highest BCUT2D eigenvalue weighted by Gasteiger charge is 2.53. The number of hydrogen-bond acceptors (Lipinski definition) is 8. The molecule has 0 spiro atoms. The Hall–Kier alpha value is -1.81. The van der Waals surface area contributed by atoms with E-state index in [-0.39, 0.29) is 6.61 Å². The van der Waals surface area contributed by atoms with Gasteiger partial charge in [0.1, 0.15) is 24.1 Å². The first kappa shape index (κ1) is 14.8. The SMILES string of the molecule is C[C@]1(O)C(O)[C@@H](CO)O[C@H]1n1cnc2c(NC3CC3)ncnc21. The van der Waals surface area contributed by atoms with Crippen LogP contribution in [0.25, 0.3) is 11.2 Å². The second kappa shape index (κ2) is 5.10. The molecule has 4 rings (SSSR count). The van der Waals surface area contributed by atoms with Crippen LogP contribution in [0.5, 0.6) is 0 Å². The molecule has 2 aromatic heterocycles. The maximum atomic E-state index is 10.6. The first-order valence-electron chi connectivity index (χ1n) is 7.63. The first-order chi connectivity index (χ1) is 11.0. The van der Waals surface area contributed by atoms with E-state index in [1.165, 1.54) is 19.6 Å². The number of hydrogen-bond donors (Lipinski definition) is 4. The van der Waals surface area contributed by atoms with Crippen LogP contribution in [-0.2, 0) is 4.74 Å². The Morgan fingerprint density at radius 3 is 2.83 bits per heavy atom. The highest BCUT2D eigenvalue weighted by molar-refractivity contribution is 5.83. The van der Waals surface area contributed by atoms with Crippen molar-refractivity contribution in [1.29, 1.82) is 0 Å². The topological polar surface area (TPSA) is 126 Å². The summed E-state index contributed by atoms with van der Waals surface area (Å²) in [6.07, 6.45) is 2.17. The molecule has 0 amide bonds. The molecular weight excluding hydrogens is 302 g/mol. The number of anilines is 1. The molecule has 0 radical (unpaired) electrons. The summed E-state index contributed by atoms with van der Waals surface area (Å²) in [5.74, 6) is 0.646. The Kier molecular flexibility index (Phi) is 3.27. The zero-order valence-corrected chi connectivity index (χ0v) is 12.6. The lowest BCUT2D eigenvalue weighted by molar-refractivity contribution is -0.0950. The summed E-state index contributed by atoms with van der Waals surface area (Å²) in [7, 11) is 0. The normalized spacial score (nSPS) is 34.2. The molecule has 1 aliphatic heterocycles. The maximum absolute atomic E-state index is 10.6. The molecule has 0 aromatic carbocycles. The van der Waals surface area contributed by atoms with Crippen molar-refractivity contribution in [3.63, 3.8) is 0 Å². The van der Waals surface area contributed by atoms with Gasteiger partial charge in [-0.1, -0.05) is 0 Å². The third-order valence-corrected chi connectivity index (χ3v) is 4.46. The summed E-state index contributed by atoms with van der Waals surface area (Å²) in [4.78, 5) is 12.8. The number of rotatable bonds is 4. The van der Waals surface area contributed by atoms with E-state index < -0.39 is 24.0 Å².